The Labute approximate surface area is 149 Å². The van der Waals surface area contributed by atoms with Gasteiger partial charge in [-0.1, -0.05) is 12.8 Å². The molecule has 0 aliphatic carbocycles. The fraction of sp³-hybridized carbons (Fsp3) is 1.00. The Bertz CT molecular complexity index is 309. The molecule has 142 valence electrons. The van der Waals surface area contributed by atoms with Crippen LogP contribution in [0.3, 0.4) is 0 Å². The molecule has 0 N–H and O–H groups in total. The third-order valence-electron chi connectivity index (χ3n) is 5.87. The molecular formula is C20H40N2O2. The van der Waals surface area contributed by atoms with E-state index in [9.17, 15) is 0 Å². The van der Waals surface area contributed by atoms with Gasteiger partial charge in [-0.25, -0.2) is 0 Å². The highest BCUT2D eigenvalue weighted by atomic mass is 16.5. The maximum absolute atomic E-state index is 5.68. The molecule has 0 amide bonds. The minimum absolute atomic E-state index is 0.364. The van der Waals surface area contributed by atoms with Crippen LogP contribution in [0.15, 0.2) is 0 Å². The molecule has 0 unspecified atom stereocenters. The van der Waals surface area contributed by atoms with Crippen molar-refractivity contribution in [1.82, 2.24) is 9.80 Å². The van der Waals surface area contributed by atoms with Gasteiger partial charge in [0.05, 0.1) is 19.3 Å². The van der Waals surface area contributed by atoms with E-state index in [0.29, 0.717) is 6.10 Å². The van der Waals surface area contributed by atoms with E-state index in [1.807, 2.05) is 0 Å². The molecule has 0 radical (unpaired) electrons. The van der Waals surface area contributed by atoms with E-state index in [0.717, 1.165) is 38.1 Å². The average Bonchev–Trinajstić information content (AvgIpc) is 2.60. The zero-order valence-corrected chi connectivity index (χ0v) is 16.3. The average molecular weight is 341 g/mol. The number of methoxy groups -OCH3 is 1. The predicted molar refractivity (Wildman–Crippen MR) is 101 cm³/mol. The van der Waals surface area contributed by atoms with Gasteiger partial charge < -0.3 is 19.3 Å². The molecule has 0 atom stereocenters. The lowest BCUT2D eigenvalue weighted by molar-refractivity contribution is 0.0497. The summed E-state index contributed by atoms with van der Waals surface area (Å²) in [6.45, 7) is 13.4. The van der Waals surface area contributed by atoms with Crippen molar-refractivity contribution in [2.75, 3.05) is 59.6 Å². The largest absolute Gasteiger partial charge is 0.383 e. The van der Waals surface area contributed by atoms with E-state index in [1.165, 1.54) is 64.7 Å². The second-order valence-corrected chi connectivity index (χ2v) is 8.06. The SMILES string of the molecule is COCCN1CCC(CCC2CCN(CCOC(C)C)CC2)CC1. The highest BCUT2D eigenvalue weighted by Crippen LogP contribution is 2.28. The lowest BCUT2D eigenvalue weighted by atomic mass is 9.85. The van der Waals surface area contributed by atoms with Gasteiger partial charge in [0.2, 0.25) is 0 Å². The molecule has 24 heavy (non-hydrogen) atoms. The van der Waals surface area contributed by atoms with Gasteiger partial charge in [0.25, 0.3) is 0 Å². The van der Waals surface area contributed by atoms with Gasteiger partial charge in [-0.15, -0.1) is 0 Å². The van der Waals surface area contributed by atoms with Gasteiger partial charge in [0.15, 0.2) is 0 Å². The Balaban J connectivity index is 1.50. The van der Waals surface area contributed by atoms with Gasteiger partial charge in [0.1, 0.15) is 0 Å². The van der Waals surface area contributed by atoms with E-state index >= 15 is 0 Å². The fourth-order valence-electron chi connectivity index (χ4n) is 4.11. The molecule has 2 saturated heterocycles. The summed E-state index contributed by atoms with van der Waals surface area (Å²) in [6, 6.07) is 0. The molecule has 0 aromatic rings. The lowest BCUT2D eigenvalue weighted by Gasteiger charge is -2.34. The van der Waals surface area contributed by atoms with Crippen molar-refractivity contribution in [3.05, 3.63) is 0 Å². The van der Waals surface area contributed by atoms with Crippen LogP contribution in [-0.2, 0) is 9.47 Å². The van der Waals surface area contributed by atoms with E-state index in [2.05, 4.69) is 23.6 Å². The quantitative estimate of drug-likeness (QED) is 0.609. The molecule has 2 aliphatic heterocycles. The third-order valence-corrected chi connectivity index (χ3v) is 5.87. The Morgan fingerprint density at radius 2 is 1.25 bits per heavy atom. The predicted octanol–water partition coefficient (Wildman–Crippen LogP) is 3.26. The Kier molecular flexibility index (Phi) is 9.62. The van der Waals surface area contributed by atoms with Crippen molar-refractivity contribution in [3.8, 4) is 0 Å². The van der Waals surface area contributed by atoms with Crippen molar-refractivity contribution in [2.45, 2.75) is 58.5 Å². The van der Waals surface area contributed by atoms with Gasteiger partial charge in [-0.3, -0.25) is 0 Å². The molecule has 0 bridgehead atoms. The number of hydrogen-bond donors (Lipinski definition) is 0. The van der Waals surface area contributed by atoms with Crippen LogP contribution in [0.25, 0.3) is 0 Å². The summed E-state index contributed by atoms with van der Waals surface area (Å²) in [5, 5.41) is 0. The van der Waals surface area contributed by atoms with Crippen molar-refractivity contribution in [2.24, 2.45) is 11.8 Å². The van der Waals surface area contributed by atoms with Crippen LogP contribution in [0.5, 0.6) is 0 Å². The summed E-state index contributed by atoms with van der Waals surface area (Å²) in [4.78, 5) is 5.16. The van der Waals surface area contributed by atoms with Crippen molar-refractivity contribution in [1.29, 1.82) is 0 Å². The fourth-order valence-corrected chi connectivity index (χ4v) is 4.11. The summed E-state index contributed by atoms with van der Waals surface area (Å²) < 4.78 is 10.9. The third kappa shape index (κ3) is 7.81. The first-order valence-electron chi connectivity index (χ1n) is 10.2. The van der Waals surface area contributed by atoms with Crippen LogP contribution in [0.1, 0.15) is 52.4 Å². The Morgan fingerprint density at radius 1 is 0.792 bits per heavy atom. The molecule has 0 spiro atoms. The lowest BCUT2D eigenvalue weighted by Crippen LogP contribution is -2.37. The number of nitrogens with zero attached hydrogens (tertiary/aromatic N) is 2. The zero-order valence-electron chi connectivity index (χ0n) is 16.3. The topological polar surface area (TPSA) is 24.9 Å². The van der Waals surface area contributed by atoms with Crippen molar-refractivity contribution < 1.29 is 9.47 Å². The number of piperidine rings is 2. The molecule has 0 aromatic heterocycles. The van der Waals surface area contributed by atoms with Gasteiger partial charge in [-0.2, -0.15) is 0 Å². The summed E-state index contributed by atoms with van der Waals surface area (Å²) in [6.07, 6.45) is 8.87. The smallest absolute Gasteiger partial charge is 0.0596 e. The molecule has 2 aliphatic rings. The Morgan fingerprint density at radius 3 is 1.67 bits per heavy atom. The number of rotatable bonds is 10. The van der Waals surface area contributed by atoms with E-state index in [4.69, 9.17) is 9.47 Å². The van der Waals surface area contributed by atoms with Crippen molar-refractivity contribution in [3.63, 3.8) is 0 Å². The molecular weight excluding hydrogens is 300 g/mol. The van der Waals surface area contributed by atoms with Crippen LogP contribution in [0.4, 0.5) is 0 Å². The first-order valence-corrected chi connectivity index (χ1v) is 10.2. The van der Waals surface area contributed by atoms with Crippen LogP contribution in [0.2, 0.25) is 0 Å². The van der Waals surface area contributed by atoms with Crippen LogP contribution in [-0.4, -0.2) is 75.5 Å². The summed E-state index contributed by atoms with van der Waals surface area (Å²) >= 11 is 0. The molecule has 2 fully saturated rings. The number of likely N-dealkylation sites (tertiary alicyclic amines) is 2. The summed E-state index contributed by atoms with van der Waals surface area (Å²) in [7, 11) is 1.80. The molecule has 0 saturated carbocycles. The Hall–Kier alpha value is -0.160. The van der Waals surface area contributed by atoms with Crippen LogP contribution < -0.4 is 0 Å². The zero-order chi connectivity index (χ0) is 17.2. The summed E-state index contributed by atoms with van der Waals surface area (Å²) in [5.41, 5.74) is 0. The standard InChI is InChI=1S/C20H40N2O2/c1-18(2)24-17-15-22-12-8-20(9-13-22)5-4-19-6-10-21(11-7-19)14-16-23-3/h18-20H,4-17H2,1-3H3. The first-order chi connectivity index (χ1) is 11.7. The molecule has 4 heteroatoms. The molecule has 2 heterocycles. The molecule has 4 nitrogen and oxygen atoms in total. The van der Waals surface area contributed by atoms with Crippen LogP contribution in [0, 0.1) is 11.8 Å². The second kappa shape index (κ2) is 11.5. The maximum atomic E-state index is 5.68. The minimum atomic E-state index is 0.364. The highest BCUT2D eigenvalue weighted by Gasteiger charge is 2.22. The maximum Gasteiger partial charge on any atom is 0.0596 e. The second-order valence-electron chi connectivity index (χ2n) is 8.06. The van der Waals surface area contributed by atoms with E-state index < -0.39 is 0 Å². The van der Waals surface area contributed by atoms with Crippen molar-refractivity contribution >= 4 is 0 Å². The number of ether oxygens (including phenoxy) is 2. The van der Waals surface area contributed by atoms with Gasteiger partial charge in [-0.05, 0) is 77.5 Å². The van der Waals surface area contributed by atoms with Gasteiger partial charge in [0, 0.05) is 20.2 Å². The summed E-state index contributed by atoms with van der Waals surface area (Å²) in [5.74, 6) is 1.94. The first kappa shape index (κ1) is 20.2. The van der Waals surface area contributed by atoms with Crippen LogP contribution >= 0.6 is 0 Å². The van der Waals surface area contributed by atoms with E-state index in [-0.39, 0.29) is 0 Å². The van der Waals surface area contributed by atoms with Gasteiger partial charge >= 0.3 is 0 Å². The van der Waals surface area contributed by atoms with E-state index in [1.54, 1.807) is 7.11 Å². The monoisotopic (exact) mass is 340 g/mol. The number of hydrogen-bond acceptors (Lipinski definition) is 4. The molecule has 2 rings (SSSR count). The minimum Gasteiger partial charge on any atom is -0.383 e. The highest BCUT2D eigenvalue weighted by molar-refractivity contribution is 4.76. The normalized spacial score (nSPS) is 22.5. The molecule has 0 aromatic carbocycles.